The number of aliphatic hydroxyl groups excluding tert-OH is 1. The van der Waals surface area contributed by atoms with E-state index in [0.717, 1.165) is 11.8 Å². The van der Waals surface area contributed by atoms with Gasteiger partial charge in [-0.3, -0.25) is 9.71 Å². The topological polar surface area (TPSA) is 79.3 Å². The second-order valence-corrected chi connectivity index (χ2v) is 6.90. The number of sulfonamides is 1. The van der Waals surface area contributed by atoms with Crippen molar-refractivity contribution >= 4 is 31.6 Å². The number of nitrogens with zero attached hydrogens (tertiary/aromatic N) is 1. The van der Waals surface area contributed by atoms with Gasteiger partial charge in [0, 0.05) is 15.7 Å². The zero-order valence-corrected chi connectivity index (χ0v) is 13.4. The van der Waals surface area contributed by atoms with Crippen LogP contribution in [0.25, 0.3) is 0 Å². The summed E-state index contributed by atoms with van der Waals surface area (Å²) < 4.78 is 41.2. The smallest absolute Gasteiger partial charge is 0.264 e. The van der Waals surface area contributed by atoms with E-state index >= 15 is 0 Å². The number of aromatic nitrogens is 1. The maximum Gasteiger partial charge on any atom is 0.264 e. The van der Waals surface area contributed by atoms with Crippen molar-refractivity contribution < 1.29 is 17.9 Å². The number of aliphatic hydroxyl groups is 1. The number of hydrogen-bond donors (Lipinski definition) is 2. The molecular weight excluding hydrogens is 363 g/mol. The van der Waals surface area contributed by atoms with Gasteiger partial charge in [0.25, 0.3) is 10.0 Å². The van der Waals surface area contributed by atoms with Gasteiger partial charge in [-0.05, 0) is 31.2 Å². The van der Waals surface area contributed by atoms with Crippen molar-refractivity contribution in [1.29, 1.82) is 0 Å². The van der Waals surface area contributed by atoms with Crippen LogP contribution < -0.4 is 4.72 Å². The molecule has 2 aromatic rings. The molecule has 0 aliphatic carbocycles. The monoisotopic (exact) mass is 374 g/mol. The first-order chi connectivity index (χ1) is 9.83. The summed E-state index contributed by atoms with van der Waals surface area (Å²) in [5, 5.41) is 9.07. The average molecular weight is 375 g/mol. The van der Waals surface area contributed by atoms with Gasteiger partial charge in [-0.25, -0.2) is 12.8 Å². The number of nitrogens with one attached hydrogen (secondary N) is 1. The summed E-state index contributed by atoms with van der Waals surface area (Å²) in [6.45, 7) is 1.17. The zero-order valence-electron chi connectivity index (χ0n) is 11.0. The second-order valence-electron chi connectivity index (χ2n) is 4.33. The summed E-state index contributed by atoms with van der Waals surface area (Å²) in [6, 6.07) is 5.62. The number of aryl methyl sites for hydroxylation is 1. The maximum absolute atomic E-state index is 14.1. The Hall–Kier alpha value is -1.51. The summed E-state index contributed by atoms with van der Waals surface area (Å²) in [6.07, 6.45) is 1.34. The first-order valence-corrected chi connectivity index (χ1v) is 8.15. The molecule has 8 heteroatoms. The highest BCUT2D eigenvalue weighted by molar-refractivity contribution is 9.10. The van der Waals surface area contributed by atoms with Crippen molar-refractivity contribution in [2.45, 2.75) is 18.4 Å². The van der Waals surface area contributed by atoms with E-state index in [-0.39, 0.29) is 11.3 Å². The van der Waals surface area contributed by atoms with Crippen molar-refractivity contribution in [3.63, 3.8) is 0 Å². The number of anilines is 1. The van der Waals surface area contributed by atoms with Crippen molar-refractivity contribution in [2.24, 2.45) is 0 Å². The molecule has 1 heterocycles. The highest BCUT2D eigenvalue weighted by Gasteiger charge is 2.22. The van der Waals surface area contributed by atoms with Gasteiger partial charge in [-0.1, -0.05) is 15.9 Å². The first kappa shape index (κ1) is 15.9. The van der Waals surface area contributed by atoms with Crippen LogP contribution in [0.15, 0.2) is 39.8 Å². The molecule has 0 aliphatic heterocycles. The molecule has 0 radical (unpaired) electrons. The van der Waals surface area contributed by atoms with Crippen molar-refractivity contribution in [3.8, 4) is 0 Å². The van der Waals surface area contributed by atoms with E-state index in [1.54, 1.807) is 13.0 Å². The van der Waals surface area contributed by atoms with Gasteiger partial charge in [-0.15, -0.1) is 0 Å². The maximum atomic E-state index is 14.1. The Labute approximate surface area is 130 Å². The van der Waals surface area contributed by atoms with Crippen LogP contribution in [0.2, 0.25) is 0 Å². The lowest BCUT2D eigenvalue weighted by atomic mass is 10.2. The molecule has 112 valence electrons. The van der Waals surface area contributed by atoms with Crippen LogP contribution in [0.1, 0.15) is 11.3 Å². The molecule has 0 saturated carbocycles. The SMILES string of the molecule is Cc1ccc(NS(=O)(=O)c2cc(Br)cc(CO)c2F)cn1. The Kier molecular flexibility index (Phi) is 4.60. The standard InChI is InChI=1S/C13H12BrFN2O3S/c1-8-2-3-11(6-16-8)17-21(19,20)12-5-10(14)4-9(7-18)13(12)15/h2-6,17-18H,7H2,1H3. The lowest BCUT2D eigenvalue weighted by Gasteiger charge is -2.11. The molecule has 21 heavy (non-hydrogen) atoms. The van der Waals surface area contributed by atoms with Crippen molar-refractivity contribution in [1.82, 2.24) is 4.98 Å². The van der Waals surface area contributed by atoms with E-state index < -0.39 is 27.3 Å². The van der Waals surface area contributed by atoms with E-state index in [4.69, 9.17) is 5.11 Å². The Morgan fingerprint density at radius 1 is 1.38 bits per heavy atom. The number of pyridine rings is 1. The molecule has 0 spiro atoms. The lowest BCUT2D eigenvalue weighted by Crippen LogP contribution is -2.16. The molecule has 5 nitrogen and oxygen atoms in total. The molecule has 0 atom stereocenters. The van der Waals surface area contributed by atoms with Crippen LogP contribution in [0.3, 0.4) is 0 Å². The van der Waals surface area contributed by atoms with E-state index in [1.165, 1.54) is 18.3 Å². The fraction of sp³-hybridized carbons (Fsp3) is 0.154. The molecule has 1 aromatic heterocycles. The molecule has 0 saturated heterocycles. The number of hydrogen-bond acceptors (Lipinski definition) is 4. The number of rotatable bonds is 4. The summed E-state index contributed by atoms with van der Waals surface area (Å²) >= 11 is 3.09. The number of halogens is 2. The molecule has 0 unspecified atom stereocenters. The molecular formula is C13H12BrFN2O3S. The third kappa shape index (κ3) is 3.58. The quantitative estimate of drug-likeness (QED) is 0.861. The van der Waals surface area contributed by atoms with Crippen LogP contribution in [-0.2, 0) is 16.6 Å². The van der Waals surface area contributed by atoms with E-state index in [1.807, 2.05) is 0 Å². The minimum atomic E-state index is -4.12. The van der Waals surface area contributed by atoms with Crippen LogP contribution in [-0.4, -0.2) is 18.5 Å². The normalized spacial score (nSPS) is 11.4. The third-order valence-corrected chi connectivity index (χ3v) is 4.54. The van der Waals surface area contributed by atoms with Crippen LogP contribution >= 0.6 is 15.9 Å². The highest BCUT2D eigenvalue weighted by Crippen LogP contribution is 2.25. The van der Waals surface area contributed by atoms with Gasteiger partial charge in [0.1, 0.15) is 10.7 Å². The molecule has 0 amide bonds. The van der Waals surface area contributed by atoms with Gasteiger partial charge in [0.05, 0.1) is 18.5 Å². The molecule has 2 N–H and O–H groups in total. The largest absolute Gasteiger partial charge is 0.392 e. The first-order valence-electron chi connectivity index (χ1n) is 5.88. The van der Waals surface area contributed by atoms with Gasteiger partial charge >= 0.3 is 0 Å². The van der Waals surface area contributed by atoms with Crippen LogP contribution in [0.5, 0.6) is 0 Å². The Bertz CT molecular complexity index is 764. The minimum absolute atomic E-state index is 0.105. The third-order valence-electron chi connectivity index (χ3n) is 2.70. The highest BCUT2D eigenvalue weighted by atomic mass is 79.9. The zero-order chi connectivity index (χ0) is 15.6. The van der Waals surface area contributed by atoms with Crippen molar-refractivity contribution in [3.05, 3.63) is 52.0 Å². The predicted octanol–water partition coefficient (Wildman–Crippen LogP) is 2.58. The van der Waals surface area contributed by atoms with Crippen molar-refractivity contribution in [2.75, 3.05) is 4.72 Å². The lowest BCUT2D eigenvalue weighted by molar-refractivity contribution is 0.274. The summed E-state index contributed by atoms with van der Waals surface area (Å²) in [5.41, 5.74) is 0.853. The minimum Gasteiger partial charge on any atom is -0.392 e. The molecule has 0 fully saturated rings. The fourth-order valence-corrected chi connectivity index (χ4v) is 3.51. The van der Waals surface area contributed by atoms with Crippen LogP contribution in [0.4, 0.5) is 10.1 Å². The predicted molar refractivity (Wildman–Crippen MR) is 79.8 cm³/mol. The van der Waals surface area contributed by atoms with Gasteiger partial charge < -0.3 is 5.11 Å². The summed E-state index contributed by atoms with van der Waals surface area (Å²) in [4.78, 5) is 3.42. The van der Waals surface area contributed by atoms with Crippen LogP contribution in [0, 0.1) is 12.7 Å². The molecule has 2 rings (SSSR count). The molecule has 0 bridgehead atoms. The number of benzene rings is 1. The van der Waals surface area contributed by atoms with E-state index in [9.17, 15) is 12.8 Å². The van der Waals surface area contributed by atoms with Gasteiger partial charge in [0.15, 0.2) is 0 Å². The van der Waals surface area contributed by atoms with Gasteiger partial charge in [-0.2, -0.15) is 0 Å². The Balaban J connectivity index is 2.44. The molecule has 1 aromatic carbocycles. The fourth-order valence-electron chi connectivity index (χ4n) is 1.67. The van der Waals surface area contributed by atoms with E-state index in [2.05, 4.69) is 25.6 Å². The second kappa shape index (κ2) is 6.08. The van der Waals surface area contributed by atoms with Gasteiger partial charge in [0.2, 0.25) is 0 Å². The summed E-state index contributed by atoms with van der Waals surface area (Å²) in [7, 11) is -4.12. The van der Waals surface area contributed by atoms with E-state index in [0.29, 0.717) is 4.47 Å². The molecule has 0 aliphatic rings. The Morgan fingerprint density at radius 2 is 2.10 bits per heavy atom. The Morgan fingerprint density at radius 3 is 2.67 bits per heavy atom. The summed E-state index contributed by atoms with van der Waals surface area (Å²) in [5.74, 6) is -0.978. The average Bonchev–Trinajstić information content (AvgIpc) is 2.43.